The van der Waals surface area contributed by atoms with Crippen molar-refractivity contribution in [3.63, 3.8) is 0 Å². The van der Waals surface area contributed by atoms with Crippen molar-refractivity contribution in [2.45, 2.75) is 4.90 Å². The van der Waals surface area contributed by atoms with Gasteiger partial charge in [-0.3, -0.25) is 4.79 Å². The number of thiol groups is 1. The molecule has 2 nitrogen and oxygen atoms in total. The van der Waals surface area contributed by atoms with Crippen molar-refractivity contribution in [3.05, 3.63) is 35.9 Å². The van der Waals surface area contributed by atoms with E-state index in [9.17, 15) is 4.79 Å². The van der Waals surface area contributed by atoms with Crippen LogP contribution in [-0.4, -0.2) is 12.1 Å². The summed E-state index contributed by atoms with van der Waals surface area (Å²) in [5.74, 6) is -0.193. The number of amides is 1. The van der Waals surface area contributed by atoms with Crippen molar-refractivity contribution in [1.29, 1.82) is 0 Å². The zero-order valence-electron chi connectivity index (χ0n) is 6.77. The summed E-state index contributed by atoms with van der Waals surface area (Å²) < 4.78 is 0. The monoisotopic (exact) mass is 189 g/mol. The Morgan fingerprint density at radius 3 is 2.62 bits per heavy atom. The summed E-state index contributed by atoms with van der Waals surface area (Å²) in [4.78, 5) is 15.7. The van der Waals surface area contributed by atoms with Crippen LogP contribution in [0.15, 0.2) is 40.2 Å². The van der Waals surface area contributed by atoms with Crippen molar-refractivity contribution in [2.24, 2.45) is 4.99 Å². The Morgan fingerprint density at radius 2 is 2.00 bits per heavy atom. The van der Waals surface area contributed by atoms with Crippen LogP contribution in [0.5, 0.6) is 0 Å². The number of benzene rings is 1. The first-order valence-electron chi connectivity index (χ1n) is 3.86. The molecule has 0 spiro atoms. The Balaban J connectivity index is 2.48. The van der Waals surface area contributed by atoms with Gasteiger partial charge in [0.15, 0.2) is 0 Å². The predicted molar refractivity (Wildman–Crippen MR) is 55.2 cm³/mol. The number of hydrogen-bond donors (Lipinski definition) is 1. The van der Waals surface area contributed by atoms with E-state index >= 15 is 0 Å². The Hall–Kier alpha value is -1.35. The van der Waals surface area contributed by atoms with Gasteiger partial charge in [-0.2, -0.15) is 0 Å². The summed E-state index contributed by atoms with van der Waals surface area (Å²) in [6, 6.07) is 7.47. The van der Waals surface area contributed by atoms with Crippen LogP contribution in [0.25, 0.3) is 5.57 Å². The van der Waals surface area contributed by atoms with Crippen molar-refractivity contribution in [1.82, 2.24) is 0 Å². The molecule has 64 valence electrons. The van der Waals surface area contributed by atoms with Crippen LogP contribution in [0, 0.1) is 0 Å². The number of allylic oxidation sites excluding steroid dienone is 1. The Morgan fingerprint density at radius 1 is 1.23 bits per heavy atom. The van der Waals surface area contributed by atoms with Gasteiger partial charge in [0.2, 0.25) is 0 Å². The molecule has 0 radical (unpaired) electrons. The smallest absolute Gasteiger partial charge is 0.267 e. The molecule has 1 aliphatic rings. The van der Waals surface area contributed by atoms with E-state index in [2.05, 4.69) is 17.6 Å². The molecule has 0 N–H and O–H groups in total. The number of rotatable bonds is 1. The topological polar surface area (TPSA) is 29.4 Å². The van der Waals surface area contributed by atoms with Crippen LogP contribution < -0.4 is 0 Å². The van der Waals surface area contributed by atoms with Crippen molar-refractivity contribution >= 4 is 30.3 Å². The summed E-state index contributed by atoms with van der Waals surface area (Å²) in [7, 11) is 0. The Kier molecular flexibility index (Phi) is 2.02. The third-order valence-corrected chi connectivity index (χ3v) is 2.25. The second-order valence-electron chi connectivity index (χ2n) is 2.68. The summed E-state index contributed by atoms with van der Waals surface area (Å²) in [5, 5.41) is 0. The minimum atomic E-state index is -0.193. The molecule has 1 aromatic carbocycles. The highest BCUT2D eigenvalue weighted by Gasteiger charge is 2.15. The lowest BCUT2D eigenvalue weighted by Crippen LogP contribution is -1.94. The maximum Gasteiger partial charge on any atom is 0.277 e. The van der Waals surface area contributed by atoms with Gasteiger partial charge in [-0.15, -0.1) is 12.6 Å². The summed E-state index contributed by atoms with van der Waals surface area (Å²) in [6.45, 7) is 0. The highest BCUT2D eigenvalue weighted by atomic mass is 32.1. The molecule has 0 fully saturated rings. The first-order chi connectivity index (χ1) is 6.29. The Bertz CT molecular complexity index is 421. The molecule has 0 saturated carbocycles. The van der Waals surface area contributed by atoms with E-state index in [1.165, 1.54) is 6.21 Å². The van der Waals surface area contributed by atoms with Gasteiger partial charge in [0.05, 0.1) is 5.57 Å². The second kappa shape index (κ2) is 3.18. The second-order valence-corrected chi connectivity index (χ2v) is 3.16. The summed E-state index contributed by atoms with van der Waals surface area (Å²) >= 11 is 4.26. The first kappa shape index (κ1) is 8.26. The fourth-order valence-electron chi connectivity index (χ4n) is 1.23. The number of carbonyl (C=O) groups excluding carboxylic acids is 1. The minimum absolute atomic E-state index is 0.193. The number of carbonyl (C=O) groups is 1. The third-order valence-electron chi connectivity index (χ3n) is 1.86. The SMILES string of the molecule is O=C1N=CC=C1c1ccccc1S. The average Bonchev–Trinajstić information content (AvgIpc) is 2.52. The molecule has 0 aliphatic carbocycles. The molecular formula is C10H7NOS. The zero-order chi connectivity index (χ0) is 9.26. The van der Waals surface area contributed by atoms with Crippen LogP contribution in [0.2, 0.25) is 0 Å². The summed E-state index contributed by atoms with van der Waals surface area (Å²) in [5.41, 5.74) is 1.46. The highest BCUT2D eigenvalue weighted by molar-refractivity contribution is 7.80. The normalized spacial score (nSPS) is 14.8. The van der Waals surface area contributed by atoms with Gasteiger partial charge >= 0.3 is 0 Å². The van der Waals surface area contributed by atoms with Gasteiger partial charge in [-0.1, -0.05) is 18.2 Å². The van der Waals surface area contributed by atoms with Crippen LogP contribution in [-0.2, 0) is 4.79 Å². The fourth-order valence-corrected chi connectivity index (χ4v) is 1.51. The molecule has 3 heteroatoms. The molecule has 0 unspecified atom stereocenters. The molecule has 1 aromatic rings. The van der Waals surface area contributed by atoms with Crippen LogP contribution in [0.3, 0.4) is 0 Å². The van der Waals surface area contributed by atoms with Gasteiger partial charge < -0.3 is 0 Å². The Labute approximate surface area is 81.4 Å². The first-order valence-corrected chi connectivity index (χ1v) is 4.31. The van der Waals surface area contributed by atoms with E-state index in [1.54, 1.807) is 6.08 Å². The van der Waals surface area contributed by atoms with Crippen molar-refractivity contribution < 1.29 is 4.79 Å². The fraction of sp³-hybridized carbons (Fsp3) is 0. The van der Waals surface area contributed by atoms with Gasteiger partial charge in [0.1, 0.15) is 0 Å². The molecule has 0 saturated heterocycles. The standard InChI is InChI=1S/C10H7NOS/c12-10-8(5-6-11-10)7-3-1-2-4-9(7)13/h1-6,13H. The van der Waals surface area contributed by atoms with E-state index in [1.807, 2.05) is 24.3 Å². The molecule has 0 atom stereocenters. The van der Waals surface area contributed by atoms with Crippen molar-refractivity contribution in [3.8, 4) is 0 Å². The van der Waals surface area contributed by atoms with Crippen molar-refractivity contribution in [2.75, 3.05) is 0 Å². The van der Waals surface area contributed by atoms with Gasteiger partial charge in [-0.05, 0) is 12.1 Å². The highest BCUT2D eigenvalue weighted by Crippen LogP contribution is 2.24. The van der Waals surface area contributed by atoms with Gasteiger partial charge in [-0.25, -0.2) is 4.99 Å². The largest absolute Gasteiger partial charge is 0.277 e. The summed E-state index contributed by atoms with van der Waals surface area (Å²) in [6.07, 6.45) is 3.22. The molecule has 1 aliphatic heterocycles. The maximum atomic E-state index is 11.2. The molecule has 2 rings (SSSR count). The molecule has 13 heavy (non-hydrogen) atoms. The van der Waals surface area contributed by atoms with Gasteiger partial charge in [0.25, 0.3) is 5.91 Å². The lowest BCUT2D eigenvalue weighted by Gasteiger charge is -2.02. The van der Waals surface area contributed by atoms with E-state index in [-0.39, 0.29) is 5.91 Å². The number of nitrogens with zero attached hydrogens (tertiary/aromatic N) is 1. The zero-order valence-corrected chi connectivity index (χ0v) is 7.66. The third kappa shape index (κ3) is 1.42. The average molecular weight is 189 g/mol. The number of hydrogen-bond acceptors (Lipinski definition) is 2. The van der Waals surface area contributed by atoms with E-state index in [4.69, 9.17) is 0 Å². The van der Waals surface area contributed by atoms with Gasteiger partial charge in [0, 0.05) is 16.7 Å². The van der Waals surface area contributed by atoms with Crippen LogP contribution in [0.4, 0.5) is 0 Å². The lowest BCUT2D eigenvalue weighted by molar-refractivity contribution is -0.112. The molecule has 1 heterocycles. The minimum Gasteiger partial charge on any atom is -0.267 e. The maximum absolute atomic E-state index is 11.2. The number of aliphatic imine (C=N–C) groups is 1. The quantitative estimate of drug-likeness (QED) is 0.672. The molecule has 0 aromatic heterocycles. The van der Waals surface area contributed by atoms with Crippen LogP contribution in [0.1, 0.15) is 5.56 Å². The lowest BCUT2D eigenvalue weighted by atomic mass is 10.1. The molecule has 1 amide bonds. The predicted octanol–water partition coefficient (Wildman–Crippen LogP) is 1.97. The molecular weight excluding hydrogens is 182 g/mol. The van der Waals surface area contributed by atoms with E-state index < -0.39 is 0 Å². The molecule has 0 bridgehead atoms. The van der Waals surface area contributed by atoms with E-state index in [0.717, 1.165) is 10.5 Å². The van der Waals surface area contributed by atoms with Crippen LogP contribution >= 0.6 is 12.6 Å². The van der Waals surface area contributed by atoms with E-state index in [0.29, 0.717) is 5.57 Å².